The van der Waals surface area contributed by atoms with Crippen molar-refractivity contribution < 1.29 is 0 Å². The van der Waals surface area contributed by atoms with E-state index in [1.54, 1.807) is 6.08 Å². The summed E-state index contributed by atoms with van der Waals surface area (Å²) in [6, 6.07) is 9.60. The quantitative estimate of drug-likeness (QED) is 0.375. The van der Waals surface area contributed by atoms with Crippen LogP contribution in [-0.2, 0) is 0 Å². The first kappa shape index (κ1) is 12.7. The van der Waals surface area contributed by atoms with E-state index in [0.717, 1.165) is 11.4 Å². The molecule has 0 aliphatic rings. The van der Waals surface area contributed by atoms with E-state index >= 15 is 0 Å². The van der Waals surface area contributed by atoms with Gasteiger partial charge in [0.2, 0.25) is 0 Å². The second-order valence-corrected chi connectivity index (χ2v) is 4.27. The zero-order valence-electron chi connectivity index (χ0n) is 8.72. The molecule has 1 rings (SSSR count). The second-order valence-electron chi connectivity index (χ2n) is 2.85. The SMILES string of the molecule is C=CCSC(N)=NC(=S)Nc1ccccc1. The van der Waals surface area contributed by atoms with Crippen molar-refractivity contribution in [2.75, 3.05) is 11.1 Å². The van der Waals surface area contributed by atoms with Crippen molar-refractivity contribution in [2.45, 2.75) is 0 Å². The van der Waals surface area contributed by atoms with Crippen molar-refractivity contribution in [3.05, 3.63) is 43.0 Å². The van der Waals surface area contributed by atoms with Gasteiger partial charge in [0.05, 0.1) is 0 Å². The molecule has 0 heterocycles. The fourth-order valence-corrected chi connectivity index (χ4v) is 1.67. The summed E-state index contributed by atoms with van der Waals surface area (Å²) in [5.41, 5.74) is 6.55. The average Bonchev–Trinajstić information content (AvgIpc) is 2.27. The zero-order valence-corrected chi connectivity index (χ0v) is 10.4. The molecular formula is C11H13N3S2. The van der Waals surface area contributed by atoms with E-state index < -0.39 is 0 Å². The van der Waals surface area contributed by atoms with Crippen LogP contribution < -0.4 is 11.1 Å². The molecule has 0 spiro atoms. The summed E-state index contributed by atoms with van der Waals surface area (Å²) in [7, 11) is 0. The summed E-state index contributed by atoms with van der Waals surface area (Å²) in [5, 5.41) is 3.77. The fraction of sp³-hybridized carbons (Fsp3) is 0.0909. The molecular weight excluding hydrogens is 238 g/mol. The van der Waals surface area contributed by atoms with Gasteiger partial charge in [-0.15, -0.1) is 6.58 Å². The molecule has 84 valence electrons. The molecule has 1 aromatic rings. The van der Waals surface area contributed by atoms with Crippen LogP contribution in [0.4, 0.5) is 5.69 Å². The number of nitrogens with two attached hydrogens (primary N) is 1. The summed E-state index contributed by atoms with van der Waals surface area (Å²) >= 11 is 6.44. The van der Waals surface area contributed by atoms with Gasteiger partial charge >= 0.3 is 0 Å². The van der Waals surface area contributed by atoms with Crippen LogP contribution in [0, 0.1) is 0 Å². The zero-order chi connectivity index (χ0) is 11.8. The lowest BCUT2D eigenvalue weighted by Crippen LogP contribution is -2.14. The first-order chi connectivity index (χ1) is 7.72. The first-order valence-corrected chi connectivity index (χ1v) is 6.05. The number of aliphatic imine (C=N–C) groups is 1. The van der Waals surface area contributed by atoms with Gasteiger partial charge in [0.25, 0.3) is 0 Å². The third-order valence-electron chi connectivity index (χ3n) is 1.59. The normalized spacial score (nSPS) is 10.9. The molecule has 0 atom stereocenters. The van der Waals surface area contributed by atoms with Gasteiger partial charge in [-0.1, -0.05) is 36.0 Å². The molecule has 0 bridgehead atoms. The van der Waals surface area contributed by atoms with Crippen LogP contribution in [0.1, 0.15) is 0 Å². The van der Waals surface area contributed by atoms with Crippen molar-refractivity contribution in [3.63, 3.8) is 0 Å². The topological polar surface area (TPSA) is 50.4 Å². The molecule has 0 radical (unpaired) electrons. The van der Waals surface area contributed by atoms with Crippen LogP contribution in [0.15, 0.2) is 48.0 Å². The van der Waals surface area contributed by atoms with E-state index in [1.165, 1.54) is 11.8 Å². The van der Waals surface area contributed by atoms with Gasteiger partial charge in [0.1, 0.15) is 0 Å². The lowest BCUT2D eigenvalue weighted by molar-refractivity contribution is 1.58. The Morgan fingerprint density at radius 1 is 1.50 bits per heavy atom. The number of hydrogen-bond donors (Lipinski definition) is 2. The third-order valence-corrected chi connectivity index (χ3v) is 2.57. The monoisotopic (exact) mass is 251 g/mol. The maximum Gasteiger partial charge on any atom is 0.199 e. The fourth-order valence-electron chi connectivity index (χ4n) is 0.950. The Bertz CT molecular complexity index is 387. The van der Waals surface area contributed by atoms with Crippen LogP contribution >= 0.6 is 24.0 Å². The van der Waals surface area contributed by atoms with E-state index in [2.05, 4.69) is 16.9 Å². The molecule has 3 N–H and O–H groups in total. The number of para-hydroxylation sites is 1. The van der Waals surface area contributed by atoms with Crippen LogP contribution in [0.25, 0.3) is 0 Å². The first-order valence-electron chi connectivity index (χ1n) is 4.66. The average molecular weight is 251 g/mol. The molecule has 0 fully saturated rings. The molecule has 0 aliphatic carbocycles. The number of amidine groups is 1. The smallest absolute Gasteiger partial charge is 0.199 e. The largest absolute Gasteiger partial charge is 0.378 e. The van der Waals surface area contributed by atoms with Crippen molar-refractivity contribution in [1.82, 2.24) is 0 Å². The van der Waals surface area contributed by atoms with Gasteiger partial charge in [-0.2, -0.15) is 4.99 Å². The Balaban J connectivity index is 2.50. The lowest BCUT2D eigenvalue weighted by Gasteiger charge is -2.04. The van der Waals surface area contributed by atoms with Crippen molar-refractivity contribution >= 4 is 39.9 Å². The Kier molecular flexibility index (Phi) is 5.60. The summed E-state index contributed by atoms with van der Waals surface area (Å²) < 4.78 is 0. The van der Waals surface area contributed by atoms with Gasteiger partial charge in [-0.3, -0.25) is 0 Å². The Morgan fingerprint density at radius 3 is 2.81 bits per heavy atom. The van der Waals surface area contributed by atoms with Gasteiger partial charge in [0, 0.05) is 11.4 Å². The predicted octanol–water partition coefficient (Wildman–Crippen LogP) is 2.62. The minimum Gasteiger partial charge on any atom is -0.378 e. The standard InChI is InChI=1S/C11H13N3S2/c1-2-8-16-10(12)14-11(15)13-9-6-4-3-5-7-9/h2-7H,1,8H2,(H3,12,13,14,15). The highest BCUT2D eigenvalue weighted by Crippen LogP contribution is 2.06. The molecule has 0 amide bonds. The molecule has 1 aromatic carbocycles. The number of nitrogens with one attached hydrogen (secondary N) is 1. The number of nitrogens with zero attached hydrogens (tertiary/aromatic N) is 1. The summed E-state index contributed by atoms with van der Waals surface area (Å²) in [4.78, 5) is 4.04. The van der Waals surface area contributed by atoms with Crippen LogP contribution in [0.2, 0.25) is 0 Å². The van der Waals surface area contributed by atoms with E-state index in [1.807, 2.05) is 30.3 Å². The van der Waals surface area contributed by atoms with E-state index in [0.29, 0.717) is 10.3 Å². The number of hydrogen-bond acceptors (Lipinski definition) is 2. The van der Waals surface area contributed by atoms with E-state index in [9.17, 15) is 0 Å². The highest BCUT2D eigenvalue weighted by atomic mass is 32.2. The summed E-state index contributed by atoms with van der Waals surface area (Å²) in [6.07, 6.45) is 1.76. The minimum atomic E-state index is 0.361. The highest BCUT2D eigenvalue weighted by molar-refractivity contribution is 8.13. The highest BCUT2D eigenvalue weighted by Gasteiger charge is 1.97. The molecule has 0 saturated heterocycles. The molecule has 0 saturated carbocycles. The van der Waals surface area contributed by atoms with Crippen molar-refractivity contribution in [1.29, 1.82) is 0 Å². The Morgan fingerprint density at radius 2 is 2.19 bits per heavy atom. The van der Waals surface area contributed by atoms with Crippen LogP contribution in [-0.4, -0.2) is 16.0 Å². The minimum absolute atomic E-state index is 0.361. The van der Waals surface area contributed by atoms with Gasteiger partial charge in [0.15, 0.2) is 10.3 Å². The van der Waals surface area contributed by atoms with Crippen LogP contribution in [0.3, 0.4) is 0 Å². The number of benzene rings is 1. The number of thioether (sulfide) groups is 1. The maximum atomic E-state index is 5.65. The van der Waals surface area contributed by atoms with Crippen molar-refractivity contribution in [3.8, 4) is 0 Å². The molecule has 0 aliphatic heterocycles. The lowest BCUT2D eigenvalue weighted by atomic mass is 10.3. The Labute approximate surface area is 105 Å². The third kappa shape index (κ3) is 4.95. The number of anilines is 1. The molecule has 0 aromatic heterocycles. The maximum absolute atomic E-state index is 5.65. The number of thiocarbonyl (C=S) groups is 1. The Hall–Kier alpha value is -1.33. The van der Waals surface area contributed by atoms with E-state index in [-0.39, 0.29) is 0 Å². The molecule has 5 heteroatoms. The summed E-state index contributed by atoms with van der Waals surface area (Å²) in [5.74, 6) is 0.725. The second kappa shape index (κ2) is 7.03. The predicted molar refractivity (Wildman–Crippen MR) is 76.9 cm³/mol. The number of rotatable bonds is 3. The van der Waals surface area contributed by atoms with E-state index in [4.69, 9.17) is 18.0 Å². The molecule has 3 nitrogen and oxygen atoms in total. The summed E-state index contributed by atoms with van der Waals surface area (Å²) in [6.45, 7) is 3.60. The molecule has 16 heavy (non-hydrogen) atoms. The van der Waals surface area contributed by atoms with Gasteiger partial charge in [-0.25, -0.2) is 0 Å². The van der Waals surface area contributed by atoms with Gasteiger partial charge < -0.3 is 11.1 Å². The van der Waals surface area contributed by atoms with Gasteiger partial charge in [-0.05, 0) is 24.4 Å². The van der Waals surface area contributed by atoms with Crippen molar-refractivity contribution in [2.24, 2.45) is 10.7 Å². The van der Waals surface area contributed by atoms with Crippen LogP contribution in [0.5, 0.6) is 0 Å². The molecule has 0 unspecified atom stereocenters.